The summed E-state index contributed by atoms with van der Waals surface area (Å²) in [4.78, 5) is 34.9. The van der Waals surface area contributed by atoms with Crippen molar-refractivity contribution in [2.75, 3.05) is 17.2 Å². The topological polar surface area (TPSA) is 152 Å². The number of carbonyl (C=O) groups is 1. The van der Waals surface area contributed by atoms with Gasteiger partial charge in [-0.25, -0.2) is 4.98 Å². The summed E-state index contributed by atoms with van der Waals surface area (Å²) in [5.74, 6) is -0.373. The molecule has 1 amide bonds. The van der Waals surface area contributed by atoms with Crippen molar-refractivity contribution >= 4 is 35.1 Å². The Morgan fingerprint density at radius 3 is 2.74 bits per heavy atom. The number of aromatic nitrogens is 3. The second-order valence-electron chi connectivity index (χ2n) is 6.76. The Hall–Kier alpha value is -2.65. The molecule has 1 saturated carbocycles. The van der Waals surface area contributed by atoms with Crippen LogP contribution in [0.2, 0.25) is 5.02 Å². The Kier molecular flexibility index (Phi) is 5.62. The first kappa shape index (κ1) is 19.1. The lowest BCUT2D eigenvalue weighted by atomic mass is 9.82. The van der Waals surface area contributed by atoms with Crippen molar-refractivity contribution in [3.63, 3.8) is 0 Å². The molecule has 27 heavy (non-hydrogen) atoms. The van der Waals surface area contributed by atoms with E-state index in [0.29, 0.717) is 17.4 Å². The second kappa shape index (κ2) is 7.93. The van der Waals surface area contributed by atoms with Gasteiger partial charge in [0.1, 0.15) is 11.4 Å². The molecule has 0 spiro atoms. The number of hydrogen-bond acceptors (Lipinski definition) is 7. The summed E-state index contributed by atoms with van der Waals surface area (Å²) in [7, 11) is 0. The monoisotopic (exact) mass is 391 g/mol. The average molecular weight is 392 g/mol. The fourth-order valence-electron chi connectivity index (χ4n) is 3.16. The Bertz CT molecular complexity index is 893. The van der Waals surface area contributed by atoms with Gasteiger partial charge in [-0.15, -0.1) is 0 Å². The molecule has 0 saturated heterocycles. The first-order valence-corrected chi connectivity index (χ1v) is 9.10. The zero-order valence-electron chi connectivity index (χ0n) is 14.7. The molecule has 144 valence electrons. The first-order valence-electron chi connectivity index (χ1n) is 8.72. The summed E-state index contributed by atoms with van der Waals surface area (Å²) >= 11 is 5.94. The lowest BCUT2D eigenvalue weighted by Gasteiger charge is -2.33. The molecule has 0 bridgehead atoms. The van der Waals surface area contributed by atoms with Crippen LogP contribution in [0, 0.1) is 0 Å². The molecular formula is C17H22ClN7O2. The maximum absolute atomic E-state index is 12.3. The maximum atomic E-state index is 12.3. The number of halogens is 1. The normalized spacial score (nSPS) is 15.9. The van der Waals surface area contributed by atoms with Crippen LogP contribution in [-0.2, 0) is 0 Å². The van der Waals surface area contributed by atoms with Gasteiger partial charge in [-0.1, -0.05) is 30.9 Å². The van der Waals surface area contributed by atoms with Gasteiger partial charge in [0, 0.05) is 23.3 Å². The molecule has 10 heteroatoms. The first-order chi connectivity index (χ1) is 12.9. The molecule has 0 aliphatic heterocycles. The molecule has 2 aromatic rings. The number of hydrogen-bond donors (Lipinski definition) is 5. The smallest absolute Gasteiger partial charge is 0.267 e. The van der Waals surface area contributed by atoms with E-state index in [2.05, 4.69) is 25.6 Å². The Morgan fingerprint density at radius 2 is 2.07 bits per heavy atom. The molecular weight excluding hydrogens is 370 g/mol. The molecule has 3 rings (SSSR count). The van der Waals surface area contributed by atoms with Crippen molar-refractivity contribution in [1.29, 1.82) is 0 Å². The predicted octanol–water partition coefficient (Wildman–Crippen LogP) is 1.73. The van der Waals surface area contributed by atoms with Crippen LogP contribution in [0.4, 0.5) is 17.6 Å². The molecule has 2 aromatic heterocycles. The van der Waals surface area contributed by atoms with Gasteiger partial charge in [-0.05, 0) is 25.0 Å². The predicted molar refractivity (Wildman–Crippen MR) is 104 cm³/mol. The third-order valence-corrected chi connectivity index (χ3v) is 4.83. The minimum absolute atomic E-state index is 0.00164. The highest BCUT2D eigenvalue weighted by Gasteiger charge is 2.27. The van der Waals surface area contributed by atoms with E-state index in [0.717, 1.165) is 25.7 Å². The molecule has 1 fully saturated rings. The van der Waals surface area contributed by atoms with Gasteiger partial charge < -0.3 is 22.1 Å². The number of anilines is 3. The third-order valence-electron chi connectivity index (χ3n) is 4.59. The second-order valence-corrected chi connectivity index (χ2v) is 7.20. The van der Waals surface area contributed by atoms with Gasteiger partial charge >= 0.3 is 0 Å². The number of nitrogens with one attached hydrogen (secondary N) is 3. The van der Waals surface area contributed by atoms with Crippen LogP contribution >= 0.6 is 11.6 Å². The number of rotatable bonds is 6. The molecule has 0 unspecified atom stereocenters. The van der Waals surface area contributed by atoms with Crippen LogP contribution < -0.4 is 27.7 Å². The van der Waals surface area contributed by atoms with E-state index >= 15 is 0 Å². The summed E-state index contributed by atoms with van der Waals surface area (Å²) in [6, 6.07) is 3.14. The number of amides is 1. The van der Waals surface area contributed by atoms with Crippen LogP contribution in [0.25, 0.3) is 0 Å². The van der Waals surface area contributed by atoms with Crippen LogP contribution in [-0.4, -0.2) is 32.9 Å². The number of carbonyl (C=O) groups excluding carboxylic acids is 1. The van der Waals surface area contributed by atoms with E-state index in [1.54, 1.807) is 12.1 Å². The van der Waals surface area contributed by atoms with Gasteiger partial charge in [-0.2, -0.15) is 4.98 Å². The number of nitrogens with zero attached hydrogens (tertiary/aromatic N) is 2. The SMILES string of the molecule is NC(=O)c1c(Nc2cc(Cl)ccn2)nc(NCC2(N)CCCCC2)[nH]c1=O. The fraction of sp³-hybridized carbons (Fsp3) is 0.412. The Balaban J connectivity index is 1.86. The number of H-pyrrole nitrogens is 1. The largest absolute Gasteiger partial charge is 0.365 e. The van der Waals surface area contributed by atoms with Gasteiger partial charge in [0.05, 0.1) is 0 Å². The van der Waals surface area contributed by atoms with Gasteiger partial charge in [-0.3, -0.25) is 14.6 Å². The molecule has 0 aromatic carbocycles. The standard InChI is InChI=1S/C17H22ClN7O2/c18-10-4-7-21-11(8-10)23-14-12(13(19)26)15(27)25-16(24-14)22-9-17(20)5-2-1-3-6-17/h4,7-8H,1-3,5-6,9,20H2,(H2,19,26)(H3,21,22,23,24,25,27). The lowest BCUT2D eigenvalue weighted by Crippen LogP contribution is -2.48. The van der Waals surface area contributed by atoms with Crippen LogP contribution in [0.5, 0.6) is 0 Å². The highest BCUT2D eigenvalue weighted by Crippen LogP contribution is 2.26. The maximum Gasteiger partial charge on any atom is 0.267 e. The summed E-state index contributed by atoms with van der Waals surface area (Å²) in [5.41, 5.74) is 10.5. The van der Waals surface area contributed by atoms with E-state index in [9.17, 15) is 9.59 Å². The number of nitrogens with two attached hydrogens (primary N) is 2. The van der Waals surface area contributed by atoms with Crippen LogP contribution in [0.1, 0.15) is 42.5 Å². The van der Waals surface area contributed by atoms with Crippen molar-refractivity contribution in [3.05, 3.63) is 39.3 Å². The van der Waals surface area contributed by atoms with Crippen molar-refractivity contribution in [3.8, 4) is 0 Å². The Labute approximate surface area is 160 Å². The summed E-state index contributed by atoms with van der Waals surface area (Å²) < 4.78 is 0. The summed E-state index contributed by atoms with van der Waals surface area (Å²) in [5, 5.41) is 6.34. The minimum atomic E-state index is -0.901. The average Bonchev–Trinajstić information content (AvgIpc) is 2.60. The van der Waals surface area contributed by atoms with E-state index < -0.39 is 11.5 Å². The highest BCUT2D eigenvalue weighted by atomic mass is 35.5. The van der Waals surface area contributed by atoms with E-state index in [1.165, 1.54) is 12.6 Å². The lowest BCUT2D eigenvalue weighted by molar-refractivity contribution is 0.0999. The summed E-state index contributed by atoms with van der Waals surface area (Å²) in [6.45, 7) is 0.459. The molecule has 2 heterocycles. The molecule has 1 aliphatic carbocycles. The quantitative estimate of drug-likeness (QED) is 0.502. The molecule has 0 radical (unpaired) electrons. The highest BCUT2D eigenvalue weighted by molar-refractivity contribution is 6.30. The van der Waals surface area contributed by atoms with E-state index in [1.807, 2.05) is 0 Å². The van der Waals surface area contributed by atoms with Crippen molar-refractivity contribution < 1.29 is 4.79 Å². The zero-order chi connectivity index (χ0) is 19.4. The van der Waals surface area contributed by atoms with E-state index in [4.69, 9.17) is 23.1 Å². The van der Waals surface area contributed by atoms with Crippen LogP contribution in [0.3, 0.4) is 0 Å². The number of primary amides is 1. The molecule has 9 nitrogen and oxygen atoms in total. The van der Waals surface area contributed by atoms with Gasteiger partial charge in [0.2, 0.25) is 5.95 Å². The third kappa shape index (κ3) is 4.75. The zero-order valence-corrected chi connectivity index (χ0v) is 15.5. The number of aromatic amines is 1. The summed E-state index contributed by atoms with van der Waals surface area (Å²) in [6.07, 6.45) is 6.64. The van der Waals surface area contributed by atoms with Crippen LogP contribution in [0.15, 0.2) is 23.1 Å². The van der Waals surface area contributed by atoms with Crippen molar-refractivity contribution in [1.82, 2.24) is 15.0 Å². The fourth-order valence-corrected chi connectivity index (χ4v) is 3.32. The minimum Gasteiger partial charge on any atom is -0.365 e. The van der Waals surface area contributed by atoms with E-state index in [-0.39, 0.29) is 22.9 Å². The number of pyridine rings is 1. The Morgan fingerprint density at radius 1 is 1.33 bits per heavy atom. The van der Waals surface area contributed by atoms with Crippen molar-refractivity contribution in [2.45, 2.75) is 37.6 Å². The van der Waals surface area contributed by atoms with Gasteiger partial charge in [0.15, 0.2) is 5.82 Å². The molecule has 7 N–H and O–H groups in total. The van der Waals surface area contributed by atoms with Crippen molar-refractivity contribution in [2.24, 2.45) is 11.5 Å². The van der Waals surface area contributed by atoms with Gasteiger partial charge in [0.25, 0.3) is 11.5 Å². The molecule has 0 atom stereocenters. The molecule has 1 aliphatic rings.